The second-order valence-corrected chi connectivity index (χ2v) is 28.5. The SMILES string of the molecule is C=C(O)CS(=O)(=O)CC.C=C(O)CS(C)(=O)=O.CC1CCS1(=O)=O.CCS(C)(=O)=O.CS(=O)(=O)COCCCCO.O=S1(=O)CCC1.O=S1(=O)CCCC1. The molecule has 0 radical (unpaired) electrons. The van der Waals surface area contributed by atoms with Gasteiger partial charge in [-0.2, -0.15) is 0 Å². The summed E-state index contributed by atoms with van der Waals surface area (Å²) in [5.41, 5.74) is 0. The second kappa shape index (κ2) is 28.1. The van der Waals surface area contributed by atoms with Gasteiger partial charge in [0.1, 0.15) is 58.5 Å². The smallest absolute Gasteiger partial charge is 0.171 e. The van der Waals surface area contributed by atoms with Crippen molar-refractivity contribution in [3.05, 3.63) is 24.7 Å². The van der Waals surface area contributed by atoms with Crippen LogP contribution in [0.3, 0.4) is 0 Å². The van der Waals surface area contributed by atoms with Crippen molar-refractivity contribution in [1.82, 2.24) is 0 Å². The molecule has 18 nitrogen and oxygen atoms in total. The van der Waals surface area contributed by atoms with Crippen LogP contribution in [0.5, 0.6) is 0 Å². The van der Waals surface area contributed by atoms with Gasteiger partial charge in [0.2, 0.25) is 0 Å². The third-order valence-corrected chi connectivity index (χ3v) is 16.3. The van der Waals surface area contributed by atoms with Crippen LogP contribution in [0.15, 0.2) is 24.7 Å². The predicted molar refractivity (Wildman–Crippen MR) is 214 cm³/mol. The van der Waals surface area contributed by atoms with E-state index in [1.807, 2.05) is 0 Å². The van der Waals surface area contributed by atoms with Crippen LogP contribution in [0, 0.1) is 0 Å². The lowest BCUT2D eigenvalue weighted by Gasteiger charge is -2.20. The van der Waals surface area contributed by atoms with Crippen LogP contribution in [-0.4, -0.2) is 169 Å². The fraction of sp³-hybridized carbons (Fsp3) is 0.862. The van der Waals surface area contributed by atoms with Crippen molar-refractivity contribution in [2.45, 2.75) is 64.5 Å². The Kier molecular flexibility index (Phi) is 30.9. The minimum atomic E-state index is -3.07. The first-order valence-corrected chi connectivity index (χ1v) is 29.7. The Balaban J connectivity index is -0.000000272. The first kappa shape index (κ1) is 59.3. The third-order valence-electron chi connectivity index (χ3n) is 6.27. The third kappa shape index (κ3) is 46.8. The van der Waals surface area contributed by atoms with E-state index in [1.54, 1.807) is 13.8 Å². The molecule has 54 heavy (non-hydrogen) atoms. The number of ether oxygens (including phenoxy) is 1. The van der Waals surface area contributed by atoms with Crippen LogP contribution < -0.4 is 0 Å². The molecule has 328 valence electrons. The molecule has 0 aromatic carbocycles. The molecule has 25 heteroatoms. The van der Waals surface area contributed by atoms with Crippen LogP contribution in [-0.2, 0) is 73.6 Å². The van der Waals surface area contributed by atoms with E-state index in [0.717, 1.165) is 38.2 Å². The summed E-state index contributed by atoms with van der Waals surface area (Å²) in [5, 5.41) is 25.1. The Hall–Kier alpha value is -1.35. The van der Waals surface area contributed by atoms with Gasteiger partial charge >= 0.3 is 0 Å². The van der Waals surface area contributed by atoms with Gasteiger partial charge in [-0.3, -0.25) is 0 Å². The van der Waals surface area contributed by atoms with E-state index in [0.29, 0.717) is 48.2 Å². The highest BCUT2D eigenvalue weighted by atomic mass is 32.2. The maximum Gasteiger partial charge on any atom is 0.171 e. The lowest BCUT2D eigenvalue weighted by atomic mass is 10.3. The molecule has 3 saturated heterocycles. The average molecular weight is 923 g/mol. The molecule has 3 rings (SSSR count). The quantitative estimate of drug-likeness (QED) is 0.178. The second-order valence-electron chi connectivity index (χ2n) is 12.3. The molecule has 1 atom stereocenters. The molecule has 0 aliphatic carbocycles. The monoisotopic (exact) mass is 922 g/mol. The highest BCUT2D eigenvalue weighted by Gasteiger charge is 2.30. The van der Waals surface area contributed by atoms with Crippen LogP contribution in [0.1, 0.15) is 59.3 Å². The van der Waals surface area contributed by atoms with Crippen LogP contribution in [0.25, 0.3) is 0 Å². The molecule has 3 aliphatic heterocycles. The number of hydrogen-bond acceptors (Lipinski definition) is 18. The van der Waals surface area contributed by atoms with Crippen molar-refractivity contribution in [3.63, 3.8) is 0 Å². The molecule has 3 N–H and O–H groups in total. The van der Waals surface area contributed by atoms with Gasteiger partial charge in [0.15, 0.2) is 39.3 Å². The zero-order chi connectivity index (χ0) is 43.7. The summed E-state index contributed by atoms with van der Waals surface area (Å²) >= 11 is 0. The molecule has 3 fully saturated rings. The highest BCUT2D eigenvalue weighted by Crippen LogP contribution is 2.18. The average Bonchev–Trinajstić information content (AvgIpc) is 3.38. The summed E-state index contributed by atoms with van der Waals surface area (Å²) in [6.45, 7) is 11.5. The van der Waals surface area contributed by atoms with Gasteiger partial charge in [0.05, 0.1) is 34.0 Å². The van der Waals surface area contributed by atoms with E-state index in [4.69, 9.17) is 20.1 Å². The van der Waals surface area contributed by atoms with E-state index in [2.05, 4.69) is 13.2 Å². The van der Waals surface area contributed by atoms with Crippen molar-refractivity contribution in [2.24, 2.45) is 0 Å². The van der Waals surface area contributed by atoms with Gasteiger partial charge in [-0.05, 0) is 45.4 Å². The molecule has 0 saturated carbocycles. The van der Waals surface area contributed by atoms with Crippen molar-refractivity contribution in [2.75, 3.05) is 89.7 Å². The number of aliphatic hydroxyl groups excluding tert-OH is 3. The van der Waals surface area contributed by atoms with Gasteiger partial charge in [-0.15, -0.1) is 0 Å². The number of hydrogen-bond donors (Lipinski definition) is 3. The molecule has 3 heterocycles. The van der Waals surface area contributed by atoms with Gasteiger partial charge < -0.3 is 20.1 Å². The summed E-state index contributed by atoms with van der Waals surface area (Å²) in [6, 6.07) is 0. The molecule has 0 bridgehead atoms. The lowest BCUT2D eigenvalue weighted by molar-refractivity contribution is 0.163. The van der Waals surface area contributed by atoms with Gasteiger partial charge in [0.25, 0.3) is 0 Å². The van der Waals surface area contributed by atoms with Crippen molar-refractivity contribution < 1.29 is 79.0 Å². The number of aliphatic hydroxyl groups is 3. The van der Waals surface area contributed by atoms with E-state index in [1.165, 1.54) is 13.2 Å². The lowest BCUT2D eigenvalue weighted by Crippen LogP contribution is -2.33. The number of unbranched alkanes of at least 4 members (excludes halogenated alkanes) is 1. The summed E-state index contributed by atoms with van der Waals surface area (Å²) in [7, 11) is -19.4. The van der Waals surface area contributed by atoms with E-state index in [-0.39, 0.29) is 52.3 Å². The summed E-state index contributed by atoms with van der Waals surface area (Å²) in [4.78, 5) is 0. The molecule has 0 amide bonds. The van der Waals surface area contributed by atoms with E-state index < -0.39 is 68.9 Å². The number of sulfone groups is 7. The normalized spacial score (nSPS) is 18.8. The topological polar surface area (TPSA) is 309 Å². The van der Waals surface area contributed by atoms with E-state index >= 15 is 0 Å². The van der Waals surface area contributed by atoms with Gasteiger partial charge in [-0.1, -0.05) is 27.0 Å². The molecule has 0 spiro atoms. The molecule has 1 unspecified atom stereocenters. The summed E-state index contributed by atoms with van der Waals surface area (Å²) in [6.07, 6.45) is 8.23. The van der Waals surface area contributed by atoms with Gasteiger partial charge in [0, 0.05) is 43.5 Å². The highest BCUT2D eigenvalue weighted by molar-refractivity contribution is 7.93. The molecular formula is C29H62O18S7. The maximum absolute atomic E-state index is 10.6. The molecular weight excluding hydrogens is 861 g/mol. The number of rotatable bonds is 12. The minimum Gasteiger partial charge on any atom is -0.512 e. The fourth-order valence-corrected chi connectivity index (χ4v) is 7.94. The van der Waals surface area contributed by atoms with Crippen molar-refractivity contribution in [3.8, 4) is 0 Å². The van der Waals surface area contributed by atoms with Crippen LogP contribution >= 0.6 is 0 Å². The first-order valence-electron chi connectivity index (χ1n) is 16.3. The predicted octanol–water partition coefficient (Wildman–Crippen LogP) is 0.617. The van der Waals surface area contributed by atoms with Crippen molar-refractivity contribution in [1.29, 1.82) is 0 Å². The van der Waals surface area contributed by atoms with Crippen LogP contribution in [0.4, 0.5) is 0 Å². The zero-order valence-corrected chi connectivity index (χ0v) is 37.8. The van der Waals surface area contributed by atoms with Crippen molar-refractivity contribution >= 4 is 68.9 Å². The Morgan fingerprint density at radius 2 is 1.04 bits per heavy atom. The zero-order valence-electron chi connectivity index (χ0n) is 32.0. The Labute approximate surface area is 324 Å². The van der Waals surface area contributed by atoms with Gasteiger partial charge in [-0.25, -0.2) is 58.9 Å². The fourth-order valence-electron chi connectivity index (χ4n) is 2.86. The molecule has 3 aliphatic rings. The molecule has 0 aromatic heterocycles. The van der Waals surface area contributed by atoms with Crippen LogP contribution in [0.2, 0.25) is 0 Å². The largest absolute Gasteiger partial charge is 0.512 e. The first-order chi connectivity index (χ1) is 24.1. The summed E-state index contributed by atoms with van der Waals surface area (Å²) < 4.78 is 149. The summed E-state index contributed by atoms with van der Waals surface area (Å²) in [5.74, 6) is 0.909. The Morgan fingerprint density at radius 1 is 0.648 bits per heavy atom. The van der Waals surface area contributed by atoms with E-state index in [9.17, 15) is 58.9 Å². The Morgan fingerprint density at radius 3 is 1.17 bits per heavy atom. The standard InChI is InChI=1S/C6H14O4S.C5H10O3S.C4H8O3S.2C4H8O2S.C3H6O2S.C3H8O2S/c1-11(8,9)6-10-5-3-2-4-7;1-3-9(7,8)4-5(2)6;1-4(5)3-8(2,6)7;1-4-2-3-7(4,5)6;5-7(6)3-1-2-4-7;4-6(5)2-1-3-6;1-3-6(2,4)5/h7H,2-6H2,1H3;6H,2-4H2,1H3;5H,1,3H2,2H3;4H,2-3H2,1H3;1-4H2;1-3H2;3H2,1-2H3. The maximum atomic E-state index is 10.6. The molecule has 0 aromatic rings. The minimum absolute atomic E-state index is 0.0482. The Bertz CT molecular complexity index is 1810.